The van der Waals surface area contributed by atoms with Crippen molar-refractivity contribution in [2.75, 3.05) is 60.6 Å². The van der Waals surface area contributed by atoms with Gasteiger partial charge in [0.05, 0.1) is 34.1 Å². The van der Waals surface area contributed by atoms with Crippen LogP contribution in [0.5, 0.6) is 17.2 Å². The number of methoxy groups -OCH3 is 3. The number of rotatable bonds is 9. The van der Waals surface area contributed by atoms with Gasteiger partial charge in [-0.05, 0) is 36.8 Å². The van der Waals surface area contributed by atoms with Crippen molar-refractivity contribution in [1.82, 2.24) is 15.1 Å². The largest absolute Gasteiger partial charge is 0.493 e. The SMILES string of the molecule is CCNC(=NCC(O)c1ccco1)N1CCN(Cc2cc(OC)c(OC)c(OC)c2)CC1. The second kappa shape index (κ2) is 11.6. The van der Waals surface area contributed by atoms with Crippen LogP contribution in [0, 0.1) is 0 Å². The third-order valence-electron chi connectivity index (χ3n) is 5.42. The van der Waals surface area contributed by atoms with Gasteiger partial charge >= 0.3 is 0 Å². The molecule has 1 aliphatic rings. The molecule has 1 atom stereocenters. The van der Waals surface area contributed by atoms with Gasteiger partial charge in [0, 0.05) is 39.3 Å². The van der Waals surface area contributed by atoms with Crippen molar-refractivity contribution in [3.8, 4) is 17.2 Å². The molecule has 9 nitrogen and oxygen atoms in total. The second-order valence-corrected chi connectivity index (χ2v) is 7.52. The van der Waals surface area contributed by atoms with Crippen LogP contribution < -0.4 is 19.5 Å². The maximum Gasteiger partial charge on any atom is 0.203 e. The standard InChI is InChI=1S/C23H34N4O5/c1-5-24-23(25-15-18(28)19-7-6-12-32-19)27-10-8-26(9-11-27)16-17-13-20(29-2)22(31-4)21(14-17)30-3/h6-7,12-14,18,28H,5,8-11,15-16H2,1-4H3,(H,24,25). The van der Waals surface area contributed by atoms with E-state index in [1.165, 1.54) is 0 Å². The fourth-order valence-corrected chi connectivity index (χ4v) is 3.77. The topological polar surface area (TPSA) is 91.9 Å². The number of ether oxygens (including phenoxy) is 3. The zero-order valence-electron chi connectivity index (χ0n) is 19.3. The molecule has 1 fully saturated rings. The Bertz CT molecular complexity index is 838. The lowest BCUT2D eigenvalue weighted by Gasteiger charge is -2.36. The molecule has 1 unspecified atom stereocenters. The zero-order chi connectivity index (χ0) is 22.9. The van der Waals surface area contributed by atoms with Gasteiger partial charge in [-0.25, -0.2) is 4.99 Å². The number of aliphatic hydroxyl groups excluding tert-OH is 1. The van der Waals surface area contributed by atoms with E-state index in [0.29, 0.717) is 23.0 Å². The van der Waals surface area contributed by atoms with Gasteiger partial charge in [-0.1, -0.05) is 0 Å². The van der Waals surface area contributed by atoms with Gasteiger partial charge < -0.3 is 34.0 Å². The van der Waals surface area contributed by atoms with Gasteiger partial charge in [0.15, 0.2) is 17.5 Å². The summed E-state index contributed by atoms with van der Waals surface area (Å²) in [6.07, 6.45) is 0.806. The number of hydrogen-bond donors (Lipinski definition) is 2. The summed E-state index contributed by atoms with van der Waals surface area (Å²) in [4.78, 5) is 9.24. The minimum absolute atomic E-state index is 0.251. The molecular formula is C23H34N4O5. The van der Waals surface area contributed by atoms with Gasteiger partial charge in [0.25, 0.3) is 0 Å². The minimum Gasteiger partial charge on any atom is -0.493 e. The monoisotopic (exact) mass is 446 g/mol. The summed E-state index contributed by atoms with van der Waals surface area (Å²) in [5, 5.41) is 13.6. The molecule has 2 N–H and O–H groups in total. The molecule has 0 aliphatic carbocycles. The van der Waals surface area contributed by atoms with Gasteiger partial charge in [-0.15, -0.1) is 0 Å². The van der Waals surface area contributed by atoms with E-state index in [4.69, 9.17) is 18.6 Å². The highest BCUT2D eigenvalue weighted by molar-refractivity contribution is 5.80. The Hall–Kier alpha value is -2.91. The van der Waals surface area contributed by atoms with E-state index in [0.717, 1.165) is 50.8 Å². The summed E-state index contributed by atoms with van der Waals surface area (Å²) in [5.74, 6) is 3.27. The van der Waals surface area contributed by atoms with E-state index in [9.17, 15) is 5.11 Å². The van der Waals surface area contributed by atoms with Crippen molar-refractivity contribution < 1.29 is 23.7 Å². The van der Waals surface area contributed by atoms with E-state index < -0.39 is 6.10 Å². The molecule has 0 radical (unpaired) electrons. The summed E-state index contributed by atoms with van der Waals surface area (Å²) in [6.45, 7) is 7.31. The lowest BCUT2D eigenvalue weighted by molar-refractivity contribution is 0.155. The van der Waals surface area contributed by atoms with Crippen molar-refractivity contribution in [2.24, 2.45) is 4.99 Å². The third kappa shape index (κ3) is 5.86. The number of guanidine groups is 1. The molecule has 0 spiro atoms. The minimum atomic E-state index is -0.750. The summed E-state index contributed by atoms with van der Waals surface area (Å²) < 4.78 is 21.6. The van der Waals surface area contributed by atoms with Crippen molar-refractivity contribution >= 4 is 5.96 Å². The van der Waals surface area contributed by atoms with Crippen LogP contribution in [0.1, 0.15) is 24.4 Å². The molecule has 1 saturated heterocycles. The Morgan fingerprint density at radius 1 is 1.12 bits per heavy atom. The first kappa shape index (κ1) is 23.7. The molecule has 1 aromatic heterocycles. The summed E-state index contributed by atoms with van der Waals surface area (Å²) in [6, 6.07) is 7.51. The first-order valence-corrected chi connectivity index (χ1v) is 10.9. The predicted molar refractivity (Wildman–Crippen MR) is 123 cm³/mol. The van der Waals surface area contributed by atoms with Crippen LogP contribution >= 0.6 is 0 Å². The fourth-order valence-electron chi connectivity index (χ4n) is 3.77. The molecular weight excluding hydrogens is 412 g/mol. The van der Waals surface area contributed by atoms with E-state index >= 15 is 0 Å². The number of furan rings is 1. The highest BCUT2D eigenvalue weighted by Crippen LogP contribution is 2.38. The molecule has 0 bridgehead atoms. The number of piperazine rings is 1. The van der Waals surface area contributed by atoms with Crippen LogP contribution in [-0.4, -0.2) is 81.5 Å². The highest BCUT2D eigenvalue weighted by atomic mass is 16.5. The van der Waals surface area contributed by atoms with Crippen molar-refractivity contribution in [3.05, 3.63) is 41.9 Å². The first-order chi connectivity index (χ1) is 15.6. The van der Waals surface area contributed by atoms with Crippen LogP contribution in [0.25, 0.3) is 0 Å². The van der Waals surface area contributed by atoms with Crippen molar-refractivity contribution in [1.29, 1.82) is 0 Å². The zero-order valence-corrected chi connectivity index (χ0v) is 19.3. The summed E-state index contributed by atoms with van der Waals surface area (Å²) >= 11 is 0. The number of hydrogen-bond acceptors (Lipinski definition) is 7. The van der Waals surface area contributed by atoms with Gasteiger partial charge in [0.2, 0.25) is 5.75 Å². The summed E-state index contributed by atoms with van der Waals surface area (Å²) in [7, 11) is 4.87. The Kier molecular flexibility index (Phi) is 8.64. The molecule has 3 rings (SSSR count). The number of aliphatic imine (C=N–C) groups is 1. The molecule has 1 aromatic carbocycles. The molecule has 0 amide bonds. The van der Waals surface area contributed by atoms with Crippen LogP contribution in [0.4, 0.5) is 0 Å². The second-order valence-electron chi connectivity index (χ2n) is 7.52. The Morgan fingerprint density at radius 3 is 2.34 bits per heavy atom. The van der Waals surface area contributed by atoms with Crippen LogP contribution in [0.3, 0.4) is 0 Å². The fraction of sp³-hybridized carbons (Fsp3) is 0.522. The molecule has 9 heteroatoms. The lowest BCUT2D eigenvalue weighted by Crippen LogP contribution is -2.52. The third-order valence-corrected chi connectivity index (χ3v) is 5.42. The van der Waals surface area contributed by atoms with Crippen molar-refractivity contribution in [2.45, 2.75) is 19.6 Å². The van der Waals surface area contributed by atoms with E-state index in [2.05, 4.69) is 20.1 Å². The smallest absolute Gasteiger partial charge is 0.203 e. The van der Waals surface area contributed by atoms with Crippen LogP contribution in [0.15, 0.2) is 39.9 Å². The van der Waals surface area contributed by atoms with E-state index in [-0.39, 0.29) is 6.54 Å². The number of benzene rings is 1. The Labute approximate surface area is 189 Å². The van der Waals surface area contributed by atoms with Gasteiger partial charge in [-0.3, -0.25) is 4.90 Å². The average Bonchev–Trinajstić information content (AvgIpc) is 3.36. The summed E-state index contributed by atoms with van der Waals surface area (Å²) in [5.41, 5.74) is 1.11. The highest BCUT2D eigenvalue weighted by Gasteiger charge is 2.22. The Balaban J connectivity index is 1.60. The van der Waals surface area contributed by atoms with Crippen molar-refractivity contribution in [3.63, 3.8) is 0 Å². The molecule has 0 saturated carbocycles. The predicted octanol–water partition coefficient (Wildman–Crippen LogP) is 2.12. The normalized spacial score (nSPS) is 16.0. The van der Waals surface area contributed by atoms with E-state index in [1.807, 2.05) is 19.1 Å². The molecule has 32 heavy (non-hydrogen) atoms. The van der Waals surface area contributed by atoms with Crippen LogP contribution in [-0.2, 0) is 6.54 Å². The first-order valence-electron chi connectivity index (χ1n) is 10.9. The number of nitrogens with one attached hydrogen (secondary N) is 1. The van der Waals surface area contributed by atoms with Crippen LogP contribution in [0.2, 0.25) is 0 Å². The molecule has 1 aliphatic heterocycles. The number of nitrogens with zero attached hydrogens (tertiary/aromatic N) is 3. The average molecular weight is 447 g/mol. The maximum absolute atomic E-state index is 10.3. The van der Waals surface area contributed by atoms with E-state index in [1.54, 1.807) is 39.7 Å². The molecule has 2 aromatic rings. The lowest BCUT2D eigenvalue weighted by atomic mass is 10.1. The molecule has 176 valence electrons. The Morgan fingerprint density at radius 2 is 1.81 bits per heavy atom. The van der Waals surface area contributed by atoms with Gasteiger partial charge in [0.1, 0.15) is 11.9 Å². The van der Waals surface area contributed by atoms with Gasteiger partial charge in [-0.2, -0.15) is 0 Å². The number of aliphatic hydroxyl groups is 1. The molecule has 2 heterocycles. The quantitative estimate of drug-likeness (QED) is 0.447. The maximum atomic E-state index is 10.3.